The van der Waals surface area contributed by atoms with Crippen LogP contribution in [0.15, 0.2) is 55.1 Å². The number of hydrogen-bond acceptors (Lipinski definition) is 5. The van der Waals surface area contributed by atoms with Crippen LogP contribution < -0.4 is 19.7 Å². The van der Waals surface area contributed by atoms with Crippen LogP contribution in [-0.4, -0.2) is 30.5 Å². The Labute approximate surface area is 181 Å². The quantitative estimate of drug-likeness (QED) is 0.444. The number of para-hydroxylation sites is 1. The Balaban J connectivity index is 1.90. The first kappa shape index (κ1) is 20.2. The lowest BCUT2D eigenvalue weighted by Crippen LogP contribution is -2.71. The van der Waals surface area contributed by atoms with Crippen molar-refractivity contribution < 1.29 is 19.0 Å². The van der Waals surface area contributed by atoms with Crippen molar-refractivity contribution in [1.29, 1.82) is 0 Å². The normalized spacial score (nSPS) is 24.2. The van der Waals surface area contributed by atoms with E-state index in [9.17, 15) is 4.79 Å². The molecule has 2 aliphatic heterocycles. The summed E-state index contributed by atoms with van der Waals surface area (Å²) < 4.78 is 17.6. The molecule has 0 aliphatic carbocycles. The number of carbonyl (C=O) groups is 1. The molecule has 2 bridgehead atoms. The van der Waals surface area contributed by atoms with Gasteiger partial charge in [-0.25, -0.2) is 0 Å². The molecule has 0 spiro atoms. The number of rotatable bonds is 5. The number of carbonyl (C=O) groups excluding carboxylic acids is 1. The first-order chi connectivity index (χ1) is 14.4. The minimum Gasteiger partial charge on any atom is -0.493 e. The average Bonchev–Trinajstić information content (AvgIpc) is 2.71. The van der Waals surface area contributed by atoms with Crippen LogP contribution in [0.25, 0.3) is 0 Å². The summed E-state index contributed by atoms with van der Waals surface area (Å²) in [4.78, 5) is 15.0. The zero-order valence-electron chi connectivity index (χ0n) is 17.2. The molecule has 1 N–H and O–H groups in total. The SMILES string of the molecule is C=CCOC(=O)C1C2NC(=S)N(c3cccc(C)c3)C1(C)Oc1c(OC)cccc12. The Morgan fingerprint density at radius 1 is 1.37 bits per heavy atom. The van der Waals surface area contributed by atoms with Gasteiger partial charge in [0.25, 0.3) is 0 Å². The first-order valence-electron chi connectivity index (χ1n) is 9.71. The molecular weight excluding hydrogens is 400 g/mol. The highest BCUT2D eigenvalue weighted by Crippen LogP contribution is 2.52. The van der Waals surface area contributed by atoms with Gasteiger partial charge in [0.2, 0.25) is 5.72 Å². The Kier molecular flexibility index (Phi) is 5.15. The number of ether oxygens (including phenoxy) is 3. The van der Waals surface area contributed by atoms with E-state index in [-0.39, 0.29) is 12.6 Å². The van der Waals surface area contributed by atoms with Crippen molar-refractivity contribution in [2.75, 3.05) is 18.6 Å². The highest BCUT2D eigenvalue weighted by Gasteiger charge is 2.60. The summed E-state index contributed by atoms with van der Waals surface area (Å²) >= 11 is 5.73. The maximum Gasteiger partial charge on any atom is 0.317 e. The molecule has 1 fully saturated rings. The lowest BCUT2D eigenvalue weighted by Gasteiger charge is -2.55. The topological polar surface area (TPSA) is 60.0 Å². The van der Waals surface area contributed by atoms with Crippen LogP contribution >= 0.6 is 12.2 Å². The van der Waals surface area contributed by atoms with Gasteiger partial charge in [-0.1, -0.05) is 36.9 Å². The van der Waals surface area contributed by atoms with E-state index in [1.165, 1.54) is 0 Å². The molecule has 4 rings (SSSR count). The summed E-state index contributed by atoms with van der Waals surface area (Å²) in [7, 11) is 1.60. The summed E-state index contributed by atoms with van der Waals surface area (Å²) in [5.74, 6) is 0.126. The zero-order valence-corrected chi connectivity index (χ0v) is 18.0. The van der Waals surface area contributed by atoms with Gasteiger partial charge in [0, 0.05) is 11.3 Å². The predicted octanol–water partition coefficient (Wildman–Crippen LogP) is 3.89. The van der Waals surface area contributed by atoms with E-state index in [2.05, 4.69) is 11.9 Å². The number of anilines is 1. The molecule has 1 saturated heterocycles. The number of benzene rings is 2. The molecule has 2 aromatic carbocycles. The van der Waals surface area contributed by atoms with Crippen molar-refractivity contribution in [1.82, 2.24) is 5.32 Å². The number of thiocarbonyl (C=S) groups is 1. The lowest BCUT2D eigenvalue weighted by molar-refractivity contribution is -0.159. The van der Waals surface area contributed by atoms with Crippen LogP contribution in [0.5, 0.6) is 11.5 Å². The third-order valence-electron chi connectivity index (χ3n) is 5.57. The Hall–Kier alpha value is -3.06. The fourth-order valence-electron chi connectivity index (χ4n) is 4.28. The fourth-order valence-corrected chi connectivity index (χ4v) is 4.69. The van der Waals surface area contributed by atoms with Gasteiger partial charge in [0.1, 0.15) is 12.5 Å². The fraction of sp³-hybridized carbons (Fsp3) is 0.304. The smallest absolute Gasteiger partial charge is 0.317 e. The van der Waals surface area contributed by atoms with Crippen molar-refractivity contribution in [3.05, 3.63) is 66.2 Å². The second-order valence-electron chi connectivity index (χ2n) is 7.53. The van der Waals surface area contributed by atoms with Crippen LogP contribution in [0.4, 0.5) is 5.69 Å². The largest absolute Gasteiger partial charge is 0.493 e. The number of methoxy groups -OCH3 is 1. The number of hydrogen-bond donors (Lipinski definition) is 1. The summed E-state index contributed by atoms with van der Waals surface area (Å²) in [5.41, 5.74) is 1.58. The highest BCUT2D eigenvalue weighted by atomic mass is 32.1. The second kappa shape index (κ2) is 7.65. The molecule has 0 saturated carbocycles. The number of nitrogens with one attached hydrogen (secondary N) is 1. The molecular formula is C23H24N2O4S. The van der Waals surface area contributed by atoms with Crippen LogP contribution in [0.2, 0.25) is 0 Å². The molecule has 3 atom stereocenters. The van der Waals surface area contributed by atoms with Gasteiger partial charge in [0.05, 0.1) is 13.2 Å². The van der Waals surface area contributed by atoms with E-state index in [4.69, 9.17) is 26.4 Å². The van der Waals surface area contributed by atoms with Gasteiger partial charge in [-0.2, -0.15) is 0 Å². The molecule has 2 aromatic rings. The van der Waals surface area contributed by atoms with Crippen molar-refractivity contribution >= 4 is 29.0 Å². The van der Waals surface area contributed by atoms with Gasteiger partial charge in [0.15, 0.2) is 16.6 Å². The van der Waals surface area contributed by atoms with Gasteiger partial charge >= 0.3 is 5.97 Å². The molecule has 30 heavy (non-hydrogen) atoms. The van der Waals surface area contributed by atoms with Crippen molar-refractivity contribution in [3.63, 3.8) is 0 Å². The molecule has 0 amide bonds. The second-order valence-corrected chi connectivity index (χ2v) is 7.92. The summed E-state index contributed by atoms with van der Waals surface area (Å²) in [6.45, 7) is 7.63. The number of esters is 1. The van der Waals surface area contributed by atoms with Crippen LogP contribution in [0.3, 0.4) is 0 Å². The van der Waals surface area contributed by atoms with Gasteiger partial charge in [-0.05, 0) is 49.8 Å². The van der Waals surface area contributed by atoms with Crippen molar-refractivity contribution in [3.8, 4) is 11.5 Å². The molecule has 2 heterocycles. The Morgan fingerprint density at radius 3 is 2.83 bits per heavy atom. The first-order valence-corrected chi connectivity index (χ1v) is 10.1. The molecule has 0 aromatic heterocycles. The average molecular weight is 425 g/mol. The van der Waals surface area contributed by atoms with Gasteiger partial charge in [-0.3, -0.25) is 9.69 Å². The standard InChI is InChI=1S/C23H24N2O4S/c1-5-12-28-21(26)18-19-16-10-7-11-17(27-4)20(16)29-23(18,3)25(22(30)24-19)15-9-6-8-14(2)13-15/h5-11,13,18-19H,1,12H2,2-4H3,(H,24,30). The van der Waals surface area contributed by atoms with Crippen LogP contribution in [-0.2, 0) is 9.53 Å². The maximum absolute atomic E-state index is 13.2. The van der Waals surface area contributed by atoms with E-state index >= 15 is 0 Å². The Morgan fingerprint density at radius 2 is 2.13 bits per heavy atom. The Bertz CT molecular complexity index is 1020. The lowest BCUT2D eigenvalue weighted by atomic mass is 9.79. The van der Waals surface area contributed by atoms with E-state index in [1.807, 2.05) is 61.2 Å². The van der Waals surface area contributed by atoms with Gasteiger partial charge in [-0.15, -0.1) is 0 Å². The van der Waals surface area contributed by atoms with E-state index in [0.717, 1.165) is 16.8 Å². The third-order valence-corrected chi connectivity index (χ3v) is 5.87. The molecule has 156 valence electrons. The molecule has 3 unspecified atom stereocenters. The zero-order chi connectivity index (χ0) is 21.5. The molecule has 2 aliphatic rings. The van der Waals surface area contributed by atoms with Crippen LogP contribution in [0, 0.1) is 12.8 Å². The summed E-state index contributed by atoms with van der Waals surface area (Å²) in [5, 5.41) is 3.83. The molecule has 6 nitrogen and oxygen atoms in total. The summed E-state index contributed by atoms with van der Waals surface area (Å²) in [6.07, 6.45) is 1.55. The number of aryl methyl sites for hydroxylation is 1. The molecule has 7 heteroatoms. The van der Waals surface area contributed by atoms with E-state index in [0.29, 0.717) is 16.6 Å². The monoisotopic (exact) mass is 424 g/mol. The van der Waals surface area contributed by atoms with Crippen molar-refractivity contribution in [2.45, 2.75) is 25.6 Å². The van der Waals surface area contributed by atoms with Crippen LogP contribution in [0.1, 0.15) is 24.1 Å². The summed E-state index contributed by atoms with van der Waals surface area (Å²) in [6, 6.07) is 13.1. The number of fused-ring (bicyclic) bond motifs is 4. The van der Waals surface area contributed by atoms with Crippen molar-refractivity contribution in [2.24, 2.45) is 5.92 Å². The number of nitrogens with zero attached hydrogens (tertiary/aromatic N) is 1. The van der Waals surface area contributed by atoms with Gasteiger partial charge < -0.3 is 19.5 Å². The van der Waals surface area contributed by atoms with E-state index in [1.54, 1.807) is 13.2 Å². The van der Waals surface area contributed by atoms with E-state index < -0.39 is 17.7 Å². The third kappa shape index (κ3) is 3.10. The maximum atomic E-state index is 13.2. The molecule has 0 radical (unpaired) electrons. The predicted molar refractivity (Wildman–Crippen MR) is 119 cm³/mol. The minimum atomic E-state index is -1.12. The highest BCUT2D eigenvalue weighted by molar-refractivity contribution is 7.80. The minimum absolute atomic E-state index is 0.123.